The van der Waals surface area contributed by atoms with Crippen LogP contribution in [-0.2, 0) is 9.84 Å². The third-order valence-corrected chi connectivity index (χ3v) is 5.53. The van der Waals surface area contributed by atoms with E-state index in [9.17, 15) is 13.2 Å². The van der Waals surface area contributed by atoms with Crippen molar-refractivity contribution in [1.29, 1.82) is 0 Å². The van der Waals surface area contributed by atoms with Crippen LogP contribution in [0.1, 0.15) is 12.8 Å². The van der Waals surface area contributed by atoms with Gasteiger partial charge in [0, 0.05) is 17.0 Å². The quantitative estimate of drug-likeness (QED) is 0.937. The molecule has 0 amide bonds. The first-order valence-electron chi connectivity index (χ1n) is 6.57. The third kappa shape index (κ3) is 2.49. The number of hydrogen-bond acceptors (Lipinski definition) is 4. The number of benzene rings is 1. The number of ether oxygens (including phenoxy) is 1. The fraction of sp³-hybridized carbons (Fsp3) is 0.357. The van der Waals surface area contributed by atoms with E-state index in [4.69, 9.17) is 9.84 Å². The summed E-state index contributed by atoms with van der Waals surface area (Å²) in [6.45, 7) is 0. The first-order chi connectivity index (χ1) is 9.92. The van der Waals surface area contributed by atoms with Crippen molar-refractivity contribution in [3.8, 4) is 5.88 Å². The van der Waals surface area contributed by atoms with Crippen LogP contribution < -0.4 is 4.74 Å². The van der Waals surface area contributed by atoms with Crippen LogP contribution in [-0.4, -0.2) is 37.0 Å². The predicted molar refractivity (Wildman–Crippen MR) is 76.7 cm³/mol. The minimum Gasteiger partial charge on any atom is -0.481 e. The lowest BCUT2D eigenvalue weighted by Gasteiger charge is -2.04. The molecule has 1 aliphatic carbocycles. The topological polar surface area (TPSA) is 85.6 Å². The largest absolute Gasteiger partial charge is 0.481 e. The van der Waals surface area contributed by atoms with Crippen molar-refractivity contribution >= 4 is 26.7 Å². The van der Waals surface area contributed by atoms with Crippen LogP contribution in [0.4, 0.5) is 4.79 Å². The zero-order valence-corrected chi connectivity index (χ0v) is 12.3. The number of carboxylic acid groups (broad SMARTS) is 1. The Kier molecular flexibility index (Phi) is 3.16. The maximum Gasteiger partial charge on any atom is 0.418 e. The number of methoxy groups -OCH3 is 1. The molecule has 1 aliphatic rings. The number of rotatable bonds is 4. The zero-order valence-electron chi connectivity index (χ0n) is 11.4. The Labute approximate surface area is 121 Å². The van der Waals surface area contributed by atoms with E-state index in [2.05, 4.69) is 0 Å². The van der Waals surface area contributed by atoms with E-state index in [1.807, 2.05) is 0 Å². The molecule has 21 heavy (non-hydrogen) atoms. The number of fused-ring (bicyclic) bond motifs is 1. The van der Waals surface area contributed by atoms with E-state index in [1.54, 1.807) is 6.07 Å². The fourth-order valence-corrected chi connectivity index (χ4v) is 4.13. The van der Waals surface area contributed by atoms with Gasteiger partial charge in [-0.15, -0.1) is 0 Å². The fourth-order valence-electron chi connectivity index (χ4n) is 2.40. The Morgan fingerprint density at radius 3 is 2.71 bits per heavy atom. The summed E-state index contributed by atoms with van der Waals surface area (Å²) in [4.78, 5) is 11.4. The Bertz CT molecular complexity index is 817. The molecule has 0 saturated heterocycles. The number of aromatic nitrogens is 1. The first-order valence-corrected chi connectivity index (χ1v) is 8.23. The van der Waals surface area contributed by atoms with E-state index in [1.165, 1.54) is 25.4 Å². The summed E-state index contributed by atoms with van der Waals surface area (Å²) in [6.07, 6.45) is 2.12. The van der Waals surface area contributed by atoms with Crippen molar-refractivity contribution in [3.63, 3.8) is 0 Å². The van der Waals surface area contributed by atoms with Crippen LogP contribution in [0.25, 0.3) is 10.8 Å². The standard InChI is InChI=1S/C14H15NO5S/c1-20-13-12-5-4-11(21(18,19)8-9-2-3-9)6-10(12)7-15(13)14(16)17/h4-7,9H,2-3,8H2,1H3,(H,16,17). The molecule has 0 unspecified atom stereocenters. The molecule has 6 nitrogen and oxygen atoms in total. The van der Waals surface area contributed by atoms with Gasteiger partial charge in [-0.2, -0.15) is 0 Å². The highest BCUT2D eigenvalue weighted by Gasteiger charge is 2.29. The zero-order chi connectivity index (χ0) is 15.2. The molecule has 1 aromatic heterocycles. The molecule has 1 N–H and O–H groups in total. The van der Waals surface area contributed by atoms with Gasteiger partial charge >= 0.3 is 6.09 Å². The highest BCUT2D eigenvalue weighted by Crippen LogP contribution is 2.34. The van der Waals surface area contributed by atoms with Gasteiger partial charge in [0.1, 0.15) is 0 Å². The van der Waals surface area contributed by atoms with E-state index in [0.29, 0.717) is 10.8 Å². The van der Waals surface area contributed by atoms with Crippen molar-refractivity contribution < 1.29 is 23.1 Å². The van der Waals surface area contributed by atoms with Gasteiger partial charge < -0.3 is 9.84 Å². The van der Waals surface area contributed by atoms with Gasteiger partial charge in [0.25, 0.3) is 0 Å². The molecule has 0 aliphatic heterocycles. The van der Waals surface area contributed by atoms with Gasteiger partial charge in [-0.3, -0.25) is 0 Å². The van der Waals surface area contributed by atoms with Gasteiger partial charge in [0.2, 0.25) is 5.88 Å². The second-order valence-corrected chi connectivity index (χ2v) is 7.30. The van der Waals surface area contributed by atoms with Crippen molar-refractivity contribution in [2.75, 3.05) is 12.9 Å². The lowest BCUT2D eigenvalue weighted by Crippen LogP contribution is -2.08. The molecule has 0 spiro atoms. The van der Waals surface area contributed by atoms with Crippen LogP contribution in [0.15, 0.2) is 29.3 Å². The third-order valence-electron chi connectivity index (χ3n) is 3.65. The van der Waals surface area contributed by atoms with E-state index in [0.717, 1.165) is 17.4 Å². The Balaban J connectivity index is 2.10. The average Bonchev–Trinajstić information content (AvgIpc) is 3.14. The maximum atomic E-state index is 12.3. The lowest BCUT2D eigenvalue weighted by molar-refractivity contribution is 0.193. The van der Waals surface area contributed by atoms with Gasteiger partial charge in [0.05, 0.1) is 17.8 Å². The summed E-state index contributed by atoms with van der Waals surface area (Å²) in [5.41, 5.74) is 0. The molecule has 2 aromatic rings. The van der Waals surface area contributed by atoms with E-state index in [-0.39, 0.29) is 22.4 Å². The maximum absolute atomic E-state index is 12.3. The van der Waals surface area contributed by atoms with Crippen LogP contribution in [0.5, 0.6) is 5.88 Å². The Morgan fingerprint density at radius 2 is 2.14 bits per heavy atom. The highest BCUT2D eigenvalue weighted by atomic mass is 32.2. The summed E-state index contributed by atoms with van der Waals surface area (Å²) in [5, 5.41) is 10.2. The van der Waals surface area contributed by atoms with Gasteiger partial charge in [0.15, 0.2) is 9.84 Å². The van der Waals surface area contributed by atoms with Crippen LogP contribution >= 0.6 is 0 Å². The highest BCUT2D eigenvalue weighted by molar-refractivity contribution is 7.91. The molecule has 0 radical (unpaired) electrons. The molecule has 0 atom stereocenters. The molecule has 1 saturated carbocycles. The number of nitrogens with zero attached hydrogens (tertiary/aromatic N) is 1. The van der Waals surface area contributed by atoms with Crippen molar-refractivity contribution in [1.82, 2.24) is 4.57 Å². The molecular weight excluding hydrogens is 294 g/mol. The van der Waals surface area contributed by atoms with Crippen molar-refractivity contribution in [3.05, 3.63) is 24.4 Å². The summed E-state index contributed by atoms with van der Waals surface area (Å²) >= 11 is 0. The van der Waals surface area contributed by atoms with Crippen molar-refractivity contribution in [2.24, 2.45) is 5.92 Å². The monoisotopic (exact) mass is 309 g/mol. The summed E-state index contributed by atoms with van der Waals surface area (Å²) in [7, 11) is -1.94. The molecule has 1 aromatic carbocycles. The molecule has 112 valence electrons. The molecule has 1 fully saturated rings. The van der Waals surface area contributed by atoms with Crippen LogP contribution in [0, 0.1) is 5.92 Å². The Morgan fingerprint density at radius 1 is 1.43 bits per heavy atom. The van der Waals surface area contributed by atoms with Gasteiger partial charge in [-0.25, -0.2) is 17.8 Å². The van der Waals surface area contributed by atoms with Crippen LogP contribution in [0.3, 0.4) is 0 Å². The average molecular weight is 309 g/mol. The Hall–Kier alpha value is -2.02. The van der Waals surface area contributed by atoms with E-state index < -0.39 is 15.9 Å². The molecule has 0 bridgehead atoms. The second-order valence-electron chi connectivity index (χ2n) is 5.26. The minimum absolute atomic E-state index is 0.162. The first kappa shape index (κ1) is 13.9. The van der Waals surface area contributed by atoms with E-state index >= 15 is 0 Å². The second kappa shape index (κ2) is 4.77. The SMILES string of the molecule is COc1c2ccc(S(=O)(=O)CC3CC3)cc2cn1C(=O)O. The number of carbonyl (C=O) groups is 1. The lowest BCUT2D eigenvalue weighted by atomic mass is 10.2. The molecule has 7 heteroatoms. The van der Waals surface area contributed by atoms with Gasteiger partial charge in [-0.1, -0.05) is 0 Å². The molecule has 1 heterocycles. The predicted octanol–water partition coefficient (Wildman–Crippen LogP) is 2.36. The summed E-state index contributed by atoms with van der Waals surface area (Å²) in [5.74, 6) is 0.613. The van der Waals surface area contributed by atoms with Crippen LogP contribution in [0.2, 0.25) is 0 Å². The summed E-state index contributed by atoms with van der Waals surface area (Å²) < 4.78 is 30.6. The van der Waals surface area contributed by atoms with Gasteiger partial charge in [-0.05, 0) is 37.0 Å². The molecule has 3 rings (SSSR count). The normalized spacial score (nSPS) is 15.3. The number of sulfone groups is 1. The smallest absolute Gasteiger partial charge is 0.418 e. The minimum atomic E-state index is -3.32. The van der Waals surface area contributed by atoms with Crippen molar-refractivity contribution in [2.45, 2.75) is 17.7 Å². The molecular formula is C14H15NO5S. The summed E-state index contributed by atoms with van der Waals surface area (Å²) in [6, 6.07) is 4.61. The number of hydrogen-bond donors (Lipinski definition) is 1.